The van der Waals surface area contributed by atoms with Gasteiger partial charge in [0, 0.05) is 23.4 Å². The molecule has 2 rings (SSSR count). The van der Waals surface area contributed by atoms with Crippen LogP contribution >= 0.6 is 0 Å². The maximum absolute atomic E-state index is 14.4. The van der Waals surface area contributed by atoms with Crippen LogP contribution in [0.25, 0.3) is 0 Å². The van der Waals surface area contributed by atoms with E-state index in [0.29, 0.717) is 19.4 Å². The van der Waals surface area contributed by atoms with Crippen LogP contribution in [0.1, 0.15) is 36.4 Å². The van der Waals surface area contributed by atoms with Gasteiger partial charge in [0.25, 0.3) is 5.92 Å². The zero-order valence-corrected chi connectivity index (χ0v) is 12.4. The first-order chi connectivity index (χ1) is 10.0. The van der Waals surface area contributed by atoms with E-state index in [1.54, 1.807) is 18.2 Å². The molecular weight excluding hydrogens is 272 g/mol. The Labute approximate surface area is 123 Å². The number of nitrogens with zero attached hydrogens (tertiary/aromatic N) is 2. The molecule has 5 heteroatoms. The van der Waals surface area contributed by atoms with Gasteiger partial charge in [0.1, 0.15) is 6.54 Å². The molecule has 0 saturated carbocycles. The third-order valence-electron chi connectivity index (χ3n) is 3.67. The molecule has 0 amide bonds. The largest absolute Gasteiger partial charge is 0.326 e. The van der Waals surface area contributed by atoms with Crippen LogP contribution in [0.5, 0.6) is 0 Å². The van der Waals surface area contributed by atoms with Crippen LogP contribution in [0, 0.1) is 0 Å². The fourth-order valence-corrected chi connectivity index (χ4v) is 2.60. The fourth-order valence-electron chi connectivity index (χ4n) is 2.60. The molecule has 0 saturated heterocycles. The van der Waals surface area contributed by atoms with E-state index in [1.807, 2.05) is 13.8 Å². The molecule has 1 heterocycles. The SMILES string of the molecule is CCc1nn(CC(F)(F)c2ccccc2)c(CC)c1CN. The van der Waals surface area contributed by atoms with E-state index >= 15 is 0 Å². The van der Waals surface area contributed by atoms with E-state index in [4.69, 9.17) is 5.73 Å². The number of aryl methyl sites for hydroxylation is 1. The Morgan fingerprint density at radius 3 is 2.33 bits per heavy atom. The van der Waals surface area contributed by atoms with Gasteiger partial charge in [-0.05, 0) is 12.8 Å². The second kappa shape index (κ2) is 6.35. The predicted octanol–water partition coefficient (Wildman–Crippen LogP) is 3.26. The lowest BCUT2D eigenvalue weighted by Gasteiger charge is -2.18. The summed E-state index contributed by atoms with van der Waals surface area (Å²) in [7, 11) is 0. The number of rotatable bonds is 6. The zero-order valence-electron chi connectivity index (χ0n) is 12.4. The van der Waals surface area contributed by atoms with Crippen molar-refractivity contribution >= 4 is 0 Å². The zero-order chi connectivity index (χ0) is 15.5. The van der Waals surface area contributed by atoms with Crippen molar-refractivity contribution in [3.8, 4) is 0 Å². The molecule has 0 bridgehead atoms. The Hall–Kier alpha value is -1.75. The van der Waals surface area contributed by atoms with Crippen molar-refractivity contribution in [1.29, 1.82) is 0 Å². The fraction of sp³-hybridized carbons (Fsp3) is 0.438. The summed E-state index contributed by atoms with van der Waals surface area (Å²) in [4.78, 5) is 0. The van der Waals surface area contributed by atoms with Gasteiger partial charge in [0.2, 0.25) is 0 Å². The van der Waals surface area contributed by atoms with E-state index in [1.165, 1.54) is 16.8 Å². The number of halogens is 2. The lowest BCUT2D eigenvalue weighted by atomic mass is 10.1. The molecule has 1 aromatic heterocycles. The highest BCUT2D eigenvalue weighted by atomic mass is 19.3. The van der Waals surface area contributed by atoms with Crippen LogP contribution in [-0.2, 0) is 31.9 Å². The summed E-state index contributed by atoms with van der Waals surface area (Å²) in [6.45, 7) is 3.78. The van der Waals surface area contributed by atoms with E-state index < -0.39 is 12.5 Å². The smallest absolute Gasteiger partial charge is 0.292 e. The highest BCUT2D eigenvalue weighted by Gasteiger charge is 2.33. The van der Waals surface area contributed by atoms with Crippen molar-refractivity contribution in [1.82, 2.24) is 9.78 Å². The van der Waals surface area contributed by atoms with E-state index in [-0.39, 0.29) is 5.56 Å². The molecular formula is C16H21F2N3. The van der Waals surface area contributed by atoms with Gasteiger partial charge in [-0.15, -0.1) is 0 Å². The Balaban J connectivity index is 2.37. The van der Waals surface area contributed by atoms with Crippen molar-refractivity contribution in [2.45, 2.75) is 45.7 Å². The minimum absolute atomic E-state index is 0.00917. The first kappa shape index (κ1) is 15.6. The molecule has 21 heavy (non-hydrogen) atoms. The second-order valence-corrected chi connectivity index (χ2v) is 5.01. The minimum atomic E-state index is -2.95. The molecule has 2 N–H and O–H groups in total. The minimum Gasteiger partial charge on any atom is -0.326 e. The maximum Gasteiger partial charge on any atom is 0.292 e. The molecule has 0 aliphatic heterocycles. The quantitative estimate of drug-likeness (QED) is 0.888. The maximum atomic E-state index is 14.4. The number of benzene rings is 1. The van der Waals surface area contributed by atoms with Gasteiger partial charge in [-0.1, -0.05) is 44.2 Å². The van der Waals surface area contributed by atoms with Crippen LogP contribution in [0.2, 0.25) is 0 Å². The molecule has 0 atom stereocenters. The lowest BCUT2D eigenvalue weighted by Crippen LogP contribution is -2.23. The summed E-state index contributed by atoms with van der Waals surface area (Å²) >= 11 is 0. The Kier molecular flexibility index (Phi) is 4.73. The Morgan fingerprint density at radius 2 is 1.81 bits per heavy atom. The van der Waals surface area contributed by atoms with Crippen LogP contribution in [0.4, 0.5) is 8.78 Å². The van der Waals surface area contributed by atoms with E-state index in [0.717, 1.165) is 17.0 Å². The summed E-state index contributed by atoms with van der Waals surface area (Å²) in [6, 6.07) is 7.86. The average molecular weight is 293 g/mol. The molecule has 1 aromatic carbocycles. The van der Waals surface area contributed by atoms with Crippen LogP contribution in [0.3, 0.4) is 0 Å². The number of hydrogen-bond acceptors (Lipinski definition) is 2. The van der Waals surface area contributed by atoms with E-state index in [9.17, 15) is 8.78 Å². The van der Waals surface area contributed by atoms with Gasteiger partial charge in [-0.2, -0.15) is 13.9 Å². The third kappa shape index (κ3) is 3.13. The normalized spacial score (nSPS) is 11.9. The first-order valence-electron chi connectivity index (χ1n) is 7.24. The molecule has 0 unspecified atom stereocenters. The molecule has 3 nitrogen and oxygen atoms in total. The number of alkyl halides is 2. The Bertz CT molecular complexity index is 591. The lowest BCUT2D eigenvalue weighted by molar-refractivity contribution is -0.0261. The van der Waals surface area contributed by atoms with Crippen molar-refractivity contribution in [2.24, 2.45) is 5.73 Å². The van der Waals surface area contributed by atoms with Gasteiger partial charge < -0.3 is 5.73 Å². The molecule has 0 aliphatic carbocycles. The second-order valence-electron chi connectivity index (χ2n) is 5.01. The topological polar surface area (TPSA) is 43.8 Å². The monoisotopic (exact) mass is 293 g/mol. The summed E-state index contributed by atoms with van der Waals surface area (Å²) in [5, 5.41) is 4.34. The molecule has 0 fully saturated rings. The third-order valence-corrected chi connectivity index (χ3v) is 3.67. The first-order valence-corrected chi connectivity index (χ1v) is 7.24. The van der Waals surface area contributed by atoms with Gasteiger partial charge in [0.05, 0.1) is 5.69 Å². The molecule has 0 aliphatic rings. The summed E-state index contributed by atoms with van der Waals surface area (Å²) < 4.78 is 30.3. The van der Waals surface area contributed by atoms with Crippen molar-refractivity contribution < 1.29 is 8.78 Å². The summed E-state index contributed by atoms with van der Waals surface area (Å²) in [5.41, 5.74) is 8.29. The summed E-state index contributed by atoms with van der Waals surface area (Å²) in [6.07, 6.45) is 1.34. The number of aromatic nitrogens is 2. The molecule has 114 valence electrons. The molecule has 0 spiro atoms. The summed E-state index contributed by atoms with van der Waals surface area (Å²) in [5.74, 6) is -2.95. The van der Waals surface area contributed by atoms with Crippen LogP contribution < -0.4 is 5.73 Å². The molecule has 2 aromatic rings. The number of hydrogen-bond donors (Lipinski definition) is 1. The van der Waals surface area contributed by atoms with Crippen molar-refractivity contribution in [3.63, 3.8) is 0 Å². The Morgan fingerprint density at radius 1 is 1.14 bits per heavy atom. The van der Waals surface area contributed by atoms with Crippen molar-refractivity contribution in [2.75, 3.05) is 0 Å². The van der Waals surface area contributed by atoms with Gasteiger partial charge in [-0.3, -0.25) is 4.68 Å². The van der Waals surface area contributed by atoms with Gasteiger partial charge in [-0.25, -0.2) is 0 Å². The van der Waals surface area contributed by atoms with E-state index in [2.05, 4.69) is 5.10 Å². The standard InChI is InChI=1S/C16H21F2N3/c1-3-14-13(10-19)15(4-2)21(20-14)11-16(17,18)12-8-6-5-7-9-12/h5-9H,3-4,10-11,19H2,1-2H3. The molecule has 0 radical (unpaired) electrons. The predicted molar refractivity (Wildman–Crippen MR) is 79.2 cm³/mol. The van der Waals surface area contributed by atoms with Crippen LogP contribution in [-0.4, -0.2) is 9.78 Å². The number of nitrogens with two attached hydrogens (primary N) is 1. The van der Waals surface area contributed by atoms with Gasteiger partial charge in [0.15, 0.2) is 0 Å². The van der Waals surface area contributed by atoms with Crippen molar-refractivity contribution in [3.05, 3.63) is 52.8 Å². The average Bonchev–Trinajstić information content (AvgIpc) is 2.84. The van der Waals surface area contributed by atoms with Gasteiger partial charge >= 0.3 is 0 Å². The highest BCUT2D eigenvalue weighted by Crippen LogP contribution is 2.31. The highest BCUT2D eigenvalue weighted by molar-refractivity contribution is 5.27. The van der Waals surface area contributed by atoms with Crippen LogP contribution in [0.15, 0.2) is 30.3 Å².